The van der Waals surface area contributed by atoms with Gasteiger partial charge in [0.15, 0.2) is 0 Å². The van der Waals surface area contributed by atoms with Crippen molar-refractivity contribution in [3.63, 3.8) is 0 Å². The van der Waals surface area contributed by atoms with E-state index in [1.54, 1.807) is 0 Å². The molecule has 0 fully saturated rings. The molecule has 1 rings (SSSR count). The Morgan fingerprint density at radius 1 is 1.26 bits per heavy atom. The molecule has 5 nitrogen and oxygen atoms in total. The maximum Gasteiger partial charge on any atom is 0.227 e. The van der Waals surface area contributed by atoms with E-state index in [9.17, 15) is 4.79 Å². The largest absolute Gasteiger partial charge is 0.306 e. The van der Waals surface area contributed by atoms with Gasteiger partial charge < -0.3 is 10.2 Å². The second-order valence-corrected chi connectivity index (χ2v) is 5.77. The molecular weight excluding hydrogens is 260 g/mol. The fraction of sp³-hybridized carbons (Fsp3) is 0.769. The first kappa shape index (κ1) is 16.0. The van der Waals surface area contributed by atoms with E-state index < -0.39 is 0 Å². The Kier molecular flexibility index (Phi) is 7.59. The maximum absolute atomic E-state index is 11.8. The summed E-state index contributed by atoms with van der Waals surface area (Å²) in [7, 11) is 2.05. The second-order valence-electron chi connectivity index (χ2n) is 4.71. The van der Waals surface area contributed by atoms with Crippen LogP contribution >= 0.6 is 11.3 Å². The van der Waals surface area contributed by atoms with Gasteiger partial charge in [-0.15, -0.1) is 10.2 Å². The van der Waals surface area contributed by atoms with Gasteiger partial charge in [0.25, 0.3) is 0 Å². The third-order valence-electron chi connectivity index (χ3n) is 2.79. The predicted molar refractivity (Wildman–Crippen MR) is 79.6 cm³/mol. The van der Waals surface area contributed by atoms with Crippen molar-refractivity contribution in [2.24, 2.45) is 0 Å². The zero-order chi connectivity index (χ0) is 14.1. The van der Waals surface area contributed by atoms with E-state index in [0.29, 0.717) is 11.6 Å². The molecule has 0 aliphatic heterocycles. The van der Waals surface area contributed by atoms with Gasteiger partial charge in [-0.1, -0.05) is 31.6 Å². The summed E-state index contributed by atoms with van der Waals surface area (Å²) in [6, 6.07) is 0. The van der Waals surface area contributed by atoms with Crippen molar-refractivity contribution in [3.8, 4) is 0 Å². The molecule has 6 heteroatoms. The molecule has 0 radical (unpaired) electrons. The normalized spacial score (nSPS) is 10.9. The van der Waals surface area contributed by atoms with Crippen LogP contribution in [0.15, 0.2) is 0 Å². The molecule has 0 unspecified atom stereocenters. The lowest BCUT2D eigenvalue weighted by atomic mass is 10.3. The zero-order valence-electron chi connectivity index (χ0n) is 12.1. The number of unbranched alkanes of at least 4 members (excludes halogenated alkanes) is 1. The van der Waals surface area contributed by atoms with Crippen LogP contribution in [-0.2, 0) is 11.2 Å². The predicted octanol–water partition coefficient (Wildman–Crippen LogP) is 2.55. The number of rotatable bonds is 9. The minimum atomic E-state index is 0.0162. The zero-order valence-corrected chi connectivity index (χ0v) is 12.9. The van der Waals surface area contributed by atoms with Crippen LogP contribution in [0.1, 0.15) is 44.5 Å². The number of nitrogens with zero attached hydrogens (tertiary/aromatic N) is 3. The number of anilines is 1. The van der Waals surface area contributed by atoms with Crippen LogP contribution in [0.4, 0.5) is 5.13 Å². The molecule has 0 saturated heterocycles. The lowest BCUT2D eigenvalue weighted by molar-refractivity contribution is -0.116. The smallest absolute Gasteiger partial charge is 0.227 e. The molecule has 0 spiro atoms. The number of hydrogen-bond acceptors (Lipinski definition) is 5. The summed E-state index contributed by atoms with van der Waals surface area (Å²) in [5.41, 5.74) is 0. The molecule has 1 amide bonds. The maximum atomic E-state index is 11.8. The molecule has 0 aliphatic rings. The number of carbonyl (C=O) groups is 1. The van der Waals surface area contributed by atoms with Crippen LogP contribution < -0.4 is 5.32 Å². The Balaban J connectivity index is 2.26. The SMILES string of the molecule is CCCCN(C)CCC(=O)Nc1nnc(CCC)s1. The highest BCUT2D eigenvalue weighted by Crippen LogP contribution is 2.16. The van der Waals surface area contributed by atoms with Crippen molar-refractivity contribution in [1.82, 2.24) is 15.1 Å². The van der Waals surface area contributed by atoms with E-state index in [1.807, 2.05) is 7.05 Å². The summed E-state index contributed by atoms with van der Waals surface area (Å²) < 4.78 is 0. The van der Waals surface area contributed by atoms with E-state index in [0.717, 1.165) is 30.9 Å². The van der Waals surface area contributed by atoms with Crippen LogP contribution in [0, 0.1) is 0 Å². The van der Waals surface area contributed by atoms with Crippen LogP contribution in [0.3, 0.4) is 0 Å². The van der Waals surface area contributed by atoms with E-state index in [4.69, 9.17) is 0 Å². The van der Waals surface area contributed by atoms with Gasteiger partial charge in [-0.25, -0.2) is 0 Å². The van der Waals surface area contributed by atoms with E-state index in [-0.39, 0.29) is 5.91 Å². The summed E-state index contributed by atoms with van der Waals surface area (Å²) >= 11 is 1.47. The van der Waals surface area contributed by atoms with Gasteiger partial charge in [0.1, 0.15) is 5.01 Å². The lowest BCUT2D eigenvalue weighted by Gasteiger charge is -2.15. The van der Waals surface area contributed by atoms with Gasteiger partial charge >= 0.3 is 0 Å². The van der Waals surface area contributed by atoms with Crippen molar-refractivity contribution in [2.45, 2.75) is 46.0 Å². The quantitative estimate of drug-likeness (QED) is 0.757. The van der Waals surface area contributed by atoms with Crippen molar-refractivity contribution in [1.29, 1.82) is 0 Å². The second kappa shape index (κ2) is 8.98. The summed E-state index contributed by atoms with van der Waals surface area (Å²) in [4.78, 5) is 13.9. The first-order valence-electron chi connectivity index (χ1n) is 6.96. The minimum Gasteiger partial charge on any atom is -0.306 e. The number of hydrogen-bond donors (Lipinski definition) is 1. The van der Waals surface area contributed by atoms with Crippen molar-refractivity contribution < 1.29 is 4.79 Å². The monoisotopic (exact) mass is 284 g/mol. The molecule has 0 aliphatic carbocycles. The summed E-state index contributed by atoms with van der Waals surface area (Å²) in [6.07, 6.45) is 4.83. The number of carbonyl (C=O) groups excluding carboxylic acids is 1. The standard InChI is InChI=1S/C13H24N4OS/c1-4-6-9-17(3)10-8-11(18)14-13-16-15-12(19-13)7-5-2/h4-10H2,1-3H3,(H,14,16,18). The van der Waals surface area contributed by atoms with Gasteiger partial charge in [-0.05, 0) is 26.4 Å². The van der Waals surface area contributed by atoms with E-state index in [2.05, 4.69) is 34.3 Å². The first-order chi connectivity index (χ1) is 9.15. The van der Waals surface area contributed by atoms with E-state index in [1.165, 1.54) is 24.2 Å². The highest BCUT2D eigenvalue weighted by molar-refractivity contribution is 7.15. The Hall–Kier alpha value is -1.01. The molecule has 19 heavy (non-hydrogen) atoms. The number of aromatic nitrogens is 2. The Labute approximate surface area is 119 Å². The molecule has 0 bridgehead atoms. The van der Waals surface area contributed by atoms with Crippen molar-refractivity contribution in [2.75, 3.05) is 25.5 Å². The van der Waals surface area contributed by atoms with Gasteiger partial charge in [0.05, 0.1) is 0 Å². The molecule has 0 atom stereocenters. The molecular formula is C13H24N4OS. The van der Waals surface area contributed by atoms with Gasteiger partial charge in [0.2, 0.25) is 11.0 Å². The number of nitrogens with one attached hydrogen (secondary N) is 1. The number of amides is 1. The Bertz CT molecular complexity index is 380. The van der Waals surface area contributed by atoms with Crippen molar-refractivity contribution in [3.05, 3.63) is 5.01 Å². The van der Waals surface area contributed by atoms with Gasteiger partial charge in [-0.2, -0.15) is 0 Å². The molecule has 1 aromatic rings. The highest BCUT2D eigenvalue weighted by Gasteiger charge is 2.08. The van der Waals surface area contributed by atoms with Crippen LogP contribution in [-0.4, -0.2) is 41.1 Å². The van der Waals surface area contributed by atoms with Gasteiger partial charge in [0, 0.05) is 19.4 Å². The lowest BCUT2D eigenvalue weighted by Crippen LogP contribution is -2.25. The first-order valence-corrected chi connectivity index (χ1v) is 7.78. The van der Waals surface area contributed by atoms with Crippen molar-refractivity contribution >= 4 is 22.4 Å². The molecule has 1 heterocycles. The highest BCUT2D eigenvalue weighted by atomic mass is 32.1. The van der Waals surface area contributed by atoms with Gasteiger partial charge in [-0.3, -0.25) is 4.79 Å². The average Bonchev–Trinajstić information content (AvgIpc) is 2.81. The number of aryl methyl sites for hydroxylation is 1. The molecule has 1 aromatic heterocycles. The minimum absolute atomic E-state index is 0.0162. The average molecular weight is 284 g/mol. The topological polar surface area (TPSA) is 58.1 Å². The Morgan fingerprint density at radius 3 is 2.74 bits per heavy atom. The van der Waals surface area contributed by atoms with Crippen LogP contribution in [0.2, 0.25) is 0 Å². The molecule has 1 N–H and O–H groups in total. The third kappa shape index (κ3) is 6.63. The molecule has 0 aromatic carbocycles. The van der Waals surface area contributed by atoms with Crippen LogP contribution in [0.5, 0.6) is 0 Å². The fourth-order valence-corrected chi connectivity index (χ4v) is 2.49. The van der Waals surface area contributed by atoms with E-state index >= 15 is 0 Å². The third-order valence-corrected chi connectivity index (χ3v) is 3.69. The summed E-state index contributed by atoms with van der Waals surface area (Å²) in [6.45, 7) is 6.10. The summed E-state index contributed by atoms with van der Waals surface area (Å²) in [5, 5.41) is 12.4. The molecule has 108 valence electrons. The Morgan fingerprint density at radius 2 is 2.05 bits per heavy atom. The molecule has 0 saturated carbocycles. The summed E-state index contributed by atoms with van der Waals surface area (Å²) in [5.74, 6) is 0.0162. The van der Waals surface area contributed by atoms with Crippen LogP contribution in [0.25, 0.3) is 0 Å². The fourth-order valence-electron chi connectivity index (χ4n) is 1.63.